The van der Waals surface area contributed by atoms with Crippen LogP contribution in [0, 0.1) is 0 Å². The van der Waals surface area contributed by atoms with Crippen LogP contribution in [-0.2, 0) is 9.59 Å². The molecule has 0 saturated carbocycles. The van der Waals surface area contributed by atoms with Crippen LogP contribution in [0.1, 0.15) is 33.6 Å². The molecule has 102 valence electrons. The largest absolute Gasteiger partial charge is 0.292 e. The lowest BCUT2D eigenvalue weighted by molar-refractivity contribution is -0.151. The Balaban J connectivity index is 2.04. The summed E-state index contributed by atoms with van der Waals surface area (Å²) in [4.78, 5) is 47.4. The first kappa shape index (κ1) is 12.5. The molecule has 0 aliphatic carbocycles. The second-order valence-electron chi connectivity index (χ2n) is 4.63. The number of carbonyl (C=O) groups excluding carboxylic acids is 4. The zero-order chi connectivity index (χ0) is 14.5. The van der Waals surface area contributed by atoms with E-state index in [9.17, 15) is 23.6 Å². The van der Waals surface area contributed by atoms with Gasteiger partial charge in [0, 0.05) is 12.8 Å². The molecule has 7 heteroatoms. The van der Waals surface area contributed by atoms with Crippen LogP contribution >= 0.6 is 0 Å². The number of nitrogens with zero attached hydrogens (tertiary/aromatic N) is 1. The molecule has 0 aromatic heterocycles. The number of fused-ring (bicyclic) bond motifs is 1. The minimum Gasteiger partial charge on any atom is -0.292 e. The van der Waals surface area contributed by atoms with Gasteiger partial charge in [-0.1, -0.05) is 12.1 Å². The van der Waals surface area contributed by atoms with Crippen molar-refractivity contribution in [3.05, 3.63) is 35.4 Å². The molecule has 1 unspecified atom stereocenters. The average Bonchev–Trinajstić information content (AvgIpc) is 2.68. The van der Waals surface area contributed by atoms with Gasteiger partial charge in [0.05, 0.1) is 11.1 Å². The first-order valence-corrected chi connectivity index (χ1v) is 5.96. The number of hydrogen-bond donors (Lipinski definition) is 1. The molecule has 1 aromatic carbocycles. The zero-order valence-electron chi connectivity index (χ0n) is 10.2. The Kier molecular flexibility index (Phi) is 2.47. The summed E-state index contributed by atoms with van der Waals surface area (Å²) in [5, 5.41) is 1.82. The molecule has 1 saturated heterocycles. The molecule has 1 aromatic rings. The SMILES string of the molecule is O=C1CCC(F)(N2C(=O)c3ccccc3C2=O)C(=O)N1. The lowest BCUT2D eigenvalue weighted by Gasteiger charge is -2.33. The fraction of sp³-hybridized carbons (Fsp3) is 0.231. The van der Waals surface area contributed by atoms with Gasteiger partial charge in [0.15, 0.2) is 0 Å². The van der Waals surface area contributed by atoms with Crippen molar-refractivity contribution in [1.29, 1.82) is 0 Å². The number of alkyl halides is 1. The van der Waals surface area contributed by atoms with E-state index in [0.717, 1.165) is 0 Å². The molecule has 1 atom stereocenters. The molecule has 2 aliphatic heterocycles. The van der Waals surface area contributed by atoms with E-state index in [-0.39, 0.29) is 17.5 Å². The van der Waals surface area contributed by atoms with E-state index in [2.05, 4.69) is 0 Å². The molecule has 0 bridgehead atoms. The Hall–Kier alpha value is -2.57. The number of hydrogen-bond acceptors (Lipinski definition) is 4. The van der Waals surface area contributed by atoms with Crippen molar-refractivity contribution in [2.24, 2.45) is 0 Å². The molecular weight excluding hydrogens is 267 g/mol. The molecule has 0 spiro atoms. The van der Waals surface area contributed by atoms with Crippen molar-refractivity contribution in [1.82, 2.24) is 10.2 Å². The minimum atomic E-state index is -2.82. The highest BCUT2D eigenvalue weighted by Crippen LogP contribution is 2.35. The van der Waals surface area contributed by atoms with Crippen LogP contribution in [0.4, 0.5) is 4.39 Å². The van der Waals surface area contributed by atoms with Crippen LogP contribution < -0.4 is 5.32 Å². The molecule has 1 fully saturated rings. The van der Waals surface area contributed by atoms with Gasteiger partial charge in [-0.2, -0.15) is 0 Å². The Morgan fingerprint density at radius 2 is 1.60 bits per heavy atom. The summed E-state index contributed by atoms with van der Waals surface area (Å²) >= 11 is 0. The number of carbonyl (C=O) groups is 4. The maximum Gasteiger partial charge on any atom is 0.285 e. The molecule has 6 nitrogen and oxygen atoms in total. The predicted molar refractivity (Wildman–Crippen MR) is 63.2 cm³/mol. The number of halogens is 1. The third-order valence-electron chi connectivity index (χ3n) is 3.43. The van der Waals surface area contributed by atoms with Crippen molar-refractivity contribution < 1.29 is 23.6 Å². The number of rotatable bonds is 1. The Morgan fingerprint density at radius 3 is 2.10 bits per heavy atom. The standard InChI is InChI=1S/C13H9FN2O4/c14-13(6-5-9(17)15-12(13)20)16-10(18)7-3-1-2-4-8(7)11(16)19/h1-4H,5-6H2,(H,15,17,20). The van der Waals surface area contributed by atoms with Gasteiger partial charge in [-0.25, -0.2) is 9.29 Å². The van der Waals surface area contributed by atoms with Crippen molar-refractivity contribution in [3.8, 4) is 0 Å². The van der Waals surface area contributed by atoms with Crippen LogP contribution in [0.2, 0.25) is 0 Å². The van der Waals surface area contributed by atoms with Gasteiger partial charge in [0.25, 0.3) is 23.5 Å². The number of amides is 4. The minimum absolute atomic E-state index is 0.0548. The summed E-state index contributed by atoms with van der Waals surface area (Å²) in [6, 6.07) is 5.88. The average molecular weight is 276 g/mol. The van der Waals surface area contributed by atoms with E-state index in [0.29, 0.717) is 4.90 Å². The summed E-state index contributed by atoms with van der Waals surface area (Å²) in [5.74, 6) is -6.44. The summed E-state index contributed by atoms with van der Waals surface area (Å²) in [5.41, 5.74) is 0.110. The lowest BCUT2D eigenvalue weighted by Crippen LogP contribution is -2.61. The van der Waals surface area contributed by atoms with E-state index in [1.165, 1.54) is 12.1 Å². The van der Waals surface area contributed by atoms with Gasteiger partial charge >= 0.3 is 0 Å². The highest BCUT2D eigenvalue weighted by atomic mass is 19.1. The third kappa shape index (κ3) is 1.49. The summed E-state index contributed by atoms with van der Waals surface area (Å²) in [6.45, 7) is 0. The molecule has 2 heterocycles. The second kappa shape index (κ2) is 3.96. The molecular formula is C13H9FN2O4. The Bertz CT molecular complexity index is 637. The number of imide groups is 2. The number of piperidine rings is 1. The number of benzene rings is 1. The topological polar surface area (TPSA) is 83.6 Å². The van der Waals surface area contributed by atoms with Gasteiger partial charge in [-0.3, -0.25) is 24.5 Å². The summed E-state index contributed by atoms with van der Waals surface area (Å²) in [7, 11) is 0. The van der Waals surface area contributed by atoms with E-state index in [1.54, 1.807) is 12.1 Å². The van der Waals surface area contributed by atoms with Gasteiger partial charge in [-0.15, -0.1) is 0 Å². The van der Waals surface area contributed by atoms with Crippen LogP contribution in [-0.4, -0.2) is 34.3 Å². The summed E-state index contributed by atoms with van der Waals surface area (Å²) in [6.07, 6.45) is -0.793. The highest BCUT2D eigenvalue weighted by molar-refractivity contribution is 6.23. The lowest BCUT2D eigenvalue weighted by atomic mass is 10.0. The normalized spacial score (nSPS) is 25.8. The third-order valence-corrected chi connectivity index (χ3v) is 3.43. The van der Waals surface area contributed by atoms with Crippen LogP contribution in [0.25, 0.3) is 0 Å². The van der Waals surface area contributed by atoms with Gasteiger partial charge in [0.2, 0.25) is 5.91 Å². The smallest absolute Gasteiger partial charge is 0.285 e. The number of nitrogens with one attached hydrogen (secondary N) is 1. The maximum atomic E-state index is 14.8. The van der Waals surface area contributed by atoms with Gasteiger partial charge in [0.1, 0.15) is 0 Å². The molecule has 1 N–H and O–H groups in total. The van der Waals surface area contributed by atoms with E-state index in [4.69, 9.17) is 0 Å². The second-order valence-corrected chi connectivity index (χ2v) is 4.63. The van der Waals surface area contributed by atoms with E-state index in [1.807, 2.05) is 5.32 Å². The Morgan fingerprint density at radius 1 is 1.05 bits per heavy atom. The van der Waals surface area contributed by atoms with Crippen LogP contribution in [0.5, 0.6) is 0 Å². The quantitative estimate of drug-likeness (QED) is 0.594. The zero-order valence-corrected chi connectivity index (χ0v) is 10.2. The van der Waals surface area contributed by atoms with Gasteiger partial charge in [-0.05, 0) is 12.1 Å². The first-order chi connectivity index (χ1) is 9.45. The highest BCUT2D eigenvalue weighted by Gasteiger charge is 2.56. The molecule has 0 radical (unpaired) electrons. The predicted octanol–water partition coefficient (Wildman–Crippen LogP) is 0.385. The van der Waals surface area contributed by atoms with Crippen molar-refractivity contribution in [3.63, 3.8) is 0 Å². The monoisotopic (exact) mass is 276 g/mol. The molecule has 3 rings (SSSR count). The van der Waals surface area contributed by atoms with Crippen LogP contribution in [0.15, 0.2) is 24.3 Å². The van der Waals surface area contributed by atoms with Gasteiger partial charge < -0.3 is 0 Å². The van der Waals surface area contributed by atoms with Crippen molar-refractivity contribution >= 4 is 23.6 Å². The van der Waals surface area contributed by atoms with E-state index >= 15 is 0 Å². The molecule has 4 amide bonds. The van der Waals surface area contributed by atoms with Crippen molar-refractivity contribution in [2.45, 2.75) is 18.6 Å². The van der Waals surface area contributed by atoms with Crippen molar-refractivity contribution in [2.75, 3.05) is 0 Å². The summed E-state index contributed by atoms with van der Waals surface area (Å²) < 4.78 is 14.8. The maximum absolute atomic E-state index is 14.8. The first-order valence-electron chi connectivity index (χ1n) is 5.96. The Labute approximate surface area is 112 Å². The van der Waals surface area contributed by atoms with E-state index < -0.39 is 35.8 Å². The molecule has 2 aliphatic rings. The fourth-order valence-electron chi connectivity index (χ4n) is 2.40. The fourth-order valence-corrected chi connectivity index (χ4v) is 2.40. The molecule has 20 heavy (non-hydrogen) atoms. The van der Waals surface area contributed by atoms with Crippen LogP contribution in [0.3, 0.4) is 0 Å².